The Labute approximate surface area is 179 Å². The van der Waals surface area contributed by atoms with Crippen molar-refractivity contribution in [2.75, 3.05) is 32.1 Å². The average molecular weight is 426 g/mol. The number of piperidine rings is 1. The number of likely N-dealkylation sites (tertiary alicyclic amines) is 1. The van der Waals surface area contributed by atoms with E-state index in [1.54, 1.807) is 39.1 Å². The van der Waals surface area contributed by atoms with E-state index in [0.717, 1.165) is 18.9 Å². The molecule has 1 fully saturated rings. The van der Waals surface area contributed by atoms with Crippen LogP contribution in [0.4, 0.5) is 14.7 Å². The maximum atomic E-state index is 14.6. The van der Waals surface area contributed by atoms with Crippen LogP contribution in [0.1, 0.15) is 24.5 Å². The molecule has 7 nitrogen and oxygen atoms in total. The van der Waals surface area contributed by atoms with Crippen LogP contribution in [0.5, 0.6) is 0 Å². The number of carbonyl (C=O) groups excluding carboxylic acids is 1. The van der Waals surface area contributed by atoms with E-state index in [4.69, 9.17) is 4.98 Å². The normalized spacial score (nSPS) is 16.4. The van der Waals surface area contributed by atoms with E-state index < -0.39 is 11.6 Å². The number of rotatable bonds is 5. The second-order valence-corrected chi connectivity index (χ2v) is 7.87. The summed E-state index contributed by atoms with van der Waals surface area (Å²) in [6.45, 7) is 1.30. The van der Waals surface area contributed by atoms with Gasteiger partial charge in [0.05, 0.1) is 5.69 Å². The van der Waals surface area contributed by atoms with Crippen molar-refractivity contribution < 1.29 is 13.6 Å². The summed E-state index contributed by atoms with van der Waals surface area (Å²) < 4.78 is 29.6. The highest BCUT2D eigenvalue weighted by atomic mass is 19.1. The Bertz CT molecular complexity index is 1070. The zero-order chi connectivity index (χ0) is 22.0. The van der Waals surface area contributed by atoms with E-state index in [-0.39, 0.29) is 23.9 Å². The van der Waals surface area contributed by atoms with Crippen molar-refractivity contribution >= 4 is 11.9 Å². The third kappa shape index (κ3) is 4.55. The monoisotopic (exact) mass is 426 g/mol. The SMILES string of the molecule is CN(C)c1ncc(-c2ccc(F)cc2F)c(C2CCCN(C(=O)Cn3cccn3)C2)n1. The van der Waals surface area contributed by atoms with E-state index in [9.17, 15) is 13.6 Å². The van der Waals surface area contributed by atoms with E-state index >= 15 is 0 Å². The number of halogens is 2. The van der Waals surface area contributed by atoms with Gasteiger partial charge in [-0.05, 0) is 31.0 Å². The van der Waals surface area contributed by atoms with E-state index in [0.29, 0.717) is 30.3 Å². The van der Waals surface area contributed by atoms with Crippen LogP contribution >= 0.6 is 0 Å². The van der Waals surface area contributed by atoms with Gasteiger partial charge in [-0.2, -0.15) is 5.10 Å². The molecule has 1 aromatic carbocycles. The summed E-state index contributed by atoms with van der Waals surface area (Å²) in [5.74, 6) is -0.908. The summed E-state index contributed by atoms with van der Waals surface area (Å²) in [5.41, 5.74) is 1.44. The van der Waals surface area contributed by atoms with Gasteiger partial charge in [0.15, 0.2) is 0 Å². The summed E-state index contributed by atoms with van der Waals surface area (Å²) >= 11 is 0. The van der Waals surface area contributed by atoms with E-state index in [2.05, 4.69) is 10.1 Å². The molecule has 4 rings (SSSR count). The fourth-order valence-corrected chi connectivity index (χ4v) is 3.89. The van der Waals surface area contributed by atoms with Crippen LogP contribution in [0.25, 0.3) is 11.1 Å². The number of amides is 1. The van der Waals surface area contributed by atoms with Crippen molar-refractivity contribution in [2.45, 2.75) is 25.3 Å². The molecule has 1 unspecified atom stereocenters. The first kappa shape index (κ1) is 20.9. The molecular weight excluding hydrogens is 402 g/mol. The Balaban J connectivity index is 1.66. The van der Waals surface area contributed by atoms with Crippen molar-refractivity contribution in [3.63, 3.8) is 0 Å². The quantitative estimate of drug-likeness (QED) is 0.627. The van der Waals surface area contributed by atoms with Crippen molar-refractivity contribution in [3.8, 4) is 11.1 Å². The second kappa shape index (κ2) is 8.79. The molecule has 31 heavy (non-hydrogen) atoms. The third-order valence-electron chi connectivity index (χ3n) is 5.44. The van der Waals surface area contributed by atoms with Gasteiger partial charge in [-0.1, -0.05) is 0 Å². The fourth-order valence-electron chi connectivity index (χ4n) is 3.89. The molecule has 0 radical (unpaired) electrons. The maximum absolute atomic E-state index is 14.6. The molecule has 1 saturated heterocycles. The zero-order valence-corrected chi connectivity index (χ0v) is 17.5. The van der Waals surface area contributed by atoms with Gasteiger partial charge in [-0.15, -0.1) is 0 Å². The first-order valence-corrected chi connectivity index (χ1v) is 10.2. The summed E-state index contributed by atoms with van der Waals surface area (Å²) in [7, 11) is 3.66. The summed E-state index contributed by atoms with van der Waals surface area (Å²) in [5, 5.41) is 4.10. The third-order valence-corrected chi connectivity index (χ3v) is 5.44. The number of aromatic nitrogens is 4. The van der Waals surface area contributed by atoms with Gasteiger partial charge in [-0.3, -0.25) is 9.48 Å². The van der Waals surface area contributed by atoms with Crippen LogP contribution in [0.3, 0.4) is 0 Å². The lowest BCUT2D eigenvalue weighted by Crippen LogP contribution is -2.41. The Morgan fingerprint density at radius 3 is 2.81 bits per heavy atom. The molecule has 3 aromatic rings. The second-order valence-electron chi connectivity index (χ2n) is 7.87. The number of hydrogen-bond acceptors (Lipinski definition) is 5. The molecule has 9 heteroatoms. The molecule has 1 aliphatic rings. The van der Waals surface area contributed by atoms with Crippen molar-refractivity contribution in [2.24, 2.45) is 0 Å². The van der Waals surface area contributed by atoms with Crippen LogP contribution in [-0.4, -0.2) is 57.7 Å². The van der Waals surface area contributed by atoms with Crippen LogP contribution < -0.4 is 4.90 Å². The first-order valence-electron chi connectivity index (χ1n) is 10.2. The molecule has 0 bridgehead atoms. The molecule has 0 spiro atoms. The average Bonchev–Trinajstić information content (AvgIpc) is 3.26. The topological polar surface area (TPSA) is 67.2 Å². The standard InChI is InChI=1S/C22H24F2N6O/c1-28(2)22-25-12-18(17-7-6-16(23)11-19(17)24)21(27-22)15-5-3-9-29(13-15)20(31)14-30-10-4-8-26-30/h4,6-8,10-12,15H,3,5,9,13-14H2,1-2H3. The highest BCUT2D eigenvalue weighted by Gasteiger charge is 2.29. The number of hydrogen-bond donors (Lipinski definition) is 0. The van der Waals surface area contributed by atoms with Gasteiger partial charge in [0, 0.05) is 68.9 Å². The number of benzene rings is 1. The van der Waals surface area contributed by atoms with Crippen molar-refractivity contribution in [3.05, 3.63) is 60.2 Å². The predicted molar refractivity (Wildman–Crippen MR) is 112 cm³/mol. The van der Waals surface area contributed by atoms with Crippen LogP contribution in [-0.2, 0) is 11.3 Å². The number of anilines is 1. The molecule has 1 amide bonds. The highest BCUT2D eigenvalue weighted by Crippen LogP contribution is 2.35. The smallest absolute Gasteiger partial charge is 0.244 e. The lowest BCUT2D eigenvalue weighted by molar-refractivity contribution is -0.133. The fraction of sp³-hybridized carbons (Fsp3) is 0.364. The Kier molecular flexibility index (Phi) is 5.92. The minimum Gasteiger partial charge on any atom is -0.347 e. The largest absolute Gasteiger partial charge is 0.347 e. The van der Waals surface area contributed by atoms with Gasteiger partial charge >= 0.3 is 0 Å². The molecule has 162 valence electrons. The number of nitrogens with zero attached hydrogens (tertiary/aromatic N) is 6. The molecule has 1 aliphatic heterocycles. The first-order chi connectivity index (χ1) is 14.9. The summed E-state index contributed by atoms with van der Waals surface area (Å²) in [4.78, 5) is 25.4. The lowest BCUT2D eigenvalue weighted by Gasteiger charge is -2.33. The number of carbonyl (C=O) groups is 1. The van der Waals surface area contributed by atoms with Crippen molar-refractivity contribution in [1.29, 1.82) is 0 Å². The van der Waals surface area contributed by atoms with Crippen LogP contribution in [0.15, 0.2) is 42.9 Å². The molecule has 0 aliphatic carbocycles. The van der Waals surface area contributed by atoms with Gasteiger partial charge in [0.2, 0.25) is 11.9 Å². The van der Waals surface area contributed by atoms with Crippen molar-refractivity contribution in [1.82, 2.24) is 24.6 Å². The zero-order valence-electron chi connectivity index (χ0n) is 17.5. The van der Waals surface area contributed by atoms with E-state index in [1.165, 1.54) is 12.1 Å². The maximum Gasteiger partial charge on any atom is 0.244 e. The summed E-state index contributed by atoms with van der Waals surface area (Å²) in [6, 6.07) is 5.27. The van der Waals surface area contributed by atoms with Gasteiger partial charge < -0.3 is 9.80 Å². The molecule has 2 aromatic heterocycles. The molecule has 3 heterocycles. The van der Waals surface area contributed by atoms with Crippen LogP contribution in [0.2, 0.25) is 0 Å². The predicted octanol–water partition coefficient (Wildman–Crippen LogP) is 3.09. The Hall–Kier alpha value is -3.36. The van der Waals surface area contributed by atoms with Gasteiger partial charge in [0.25, 0.3) is 0 Å². The molecular formula is C22H24F2N6O. The molecule has 0 N–H and O–H groups in total. The van der Waals surface area contributed by atoms with E-state index in [1.807, 2.05) is 14.1 Å². The Morgan fingerprint density at radius 1 is 1.26 bits per heavy atom. The lowest BCUT2D eigenvalue weighted by atomic mass is 9.89. The van der Waals surface area contributed by atoms with Gasteiger partial charge in [-0.25, -0.2) is 18.7 Å². The van der Waals surface area contributed by atoms with Gasteiger partial charge in [0.1, 0.15) is 18.2 Å². The molecule has 1 atom stereocenters. The molecule has 0 saturated carbocycles. The highest BCUT2D eigenvalue weighted by molar-refractivity contribution is 5.76. The van der Waals surface area contributed by atoms with Crippen LogP contribution in [0, 0.1) is 11.6 Å². The minimum absolute atomic E-state index is 0.0233. The summed E-state index contributed by atoms with van der Waals surface area (Å²) in [6.07, 6.45) is 6.59. The minimum atomic E-state index is -0.662. The Morgan fingerprint density at radius 2 is 2.10 bits per heavy atom.